The Kier molecular flexibility index (Phi) is 3.77. The van der Waals surface area contributed by atoms with Crippen LogP contribution >= 0.6 is 0 Å². The van der Waals surface area contributed by atoms with Gasteiger partial charge in [0.05, 0.1) is 6.61 Å². The maximum atomic E-state index is 11.3. The van der Waals surface area contributed by atoms with Crippen LogP contribution in [0.3, 0.4) is 0 Å². The molecule has 6 nitrogen and oxygen atoms in total. The van der Waals surface area contributed by atoms with Crippen LogP contribution in [-0.4, -0.2) is 22.3 Å². The molecule has 1 amide bonds. The first kappa shape index (κ1) is 13.5. The van der Waals surface area contributed by atoms with Crippen LogP contribution in [0.15, 0.2) is 30.5 Å². The molecule has 0 atom stereocenters. The Hall–Kier alpha value is -2.50. The topological polar surface area (TPSA) is 82.2 Å². The fraction of sp³-hybridized carbons (Fsp3) is 0.333. The summed E-state index contributed by atoms with van der Waals surface area (Å²) in [5, 5.41) is 6.98. The van der Waals surface area contributed by atoms with Crippen LogP contribution in [0.5, 0.6) is 5.75 Å². The number of hydrogen-bond acceptors (Lipinski definition) is 4. The molecule has 0 aliphatic carbocycles. The van der Waals surface area contributed by atoms with Gasteiger partial charge in [-0.2, -0.15) is 5.10 Å². The monoisotopic (exact) mass is 286 g/mol. The third-order valence-corrected chi connectivity index (χ3v) is 3.43. The predicted molar refractivity (Wildman–Crippen MR) is 80.1 cm³/mol. The first-order valence-electron chi connectivity index (χ1n) is 7.05. The number of benzene rings is 1. The van der Waals surface area contributed by atoms with Gasteiger partial charge in [-0.15, -0.1) is 0 Å². The lowest BCUT2D eigenvalue weighted by Crippen LogP contribution is -2.18. The van der Waals surface area contributed by atoms with Crippen molar-refractivity contribution in [3.63, 3.8) is 0 Å². The standard InChI is InChI=1S/C15H18N4O2/c16-14-6-8-19(18-14)7-1-9-21-12-3-4-13-11(10-12)2-5-15(20)17-13/h3-4,6,8,10H,1-2,5,7,9H2,(H2,16,18)(H,17,20). The molecule has 2 aromatic rings. The Labute approximate surface area is 122 Å². The molecule has 110 valence electrons. The van der Waals surface area contributed by atoms with Crippen LogP contribution < -0.4 is 15.8 Å². The molecule has 2 heterocycles. The molecule has 6 heteroatoms. The molecule has 0 spiro atoms. The van der Waals surface area contributed by atoms with Crippen molar-refractivity contribution < 1.29 is 9.53 Å². The second-order valence-corrected chi connectivity index (χ2v) is 5.07. The number of nitrogens with zero attached hydrogens (tertiary/aromatic N) is 2. The summed E-state index contributed by atoms with van der Waals surface area (Å²) >= 11 is 0. The number of amides is 1. The Morgan fingerprint density at radius 1 is 1.33 bits per heavy atom. The second kappa shape index (κ2) is 5.87. The molecular weight excluding hydrogens is 268 g/mol. The number of hydrogen-bond donors (Lipinski definition) is 2. The fourth-order valence-corrected chi connectivity index (χ4v) is 2.37. The van der Waals surface area contributed by atoms with Gasteiger partial charge in [-0.3, -0.25) is 9.48 Å². The van der Waals surface area contributed by atoms with Gasteiger partial charge in [0.1, 0.15) is 11.6 Å². The molecule has 1 aliphatic rings. The van der Waals surface area contributed by atoms with Gasteiger partial charge in [-0.25, -0.2) is 0 Å². The lowest BCUT2D eigenvalue weighted by molar-refractivity contribution is -0.116. The summed E-state index contributed by atoms with van der Waals surface area (Å²) in [6.45, 7) is 1.39. The molecule has 1 aromatic heterocycles. The molecule has 0 fully saturated rings. The minimum Gasteiger partial charge on any atom is -0.494 e. The van der Waals surface area contributed by atoms with E-state index in [-0.39, 0.29) is 5.91 Å². The van der Waals surface area contributed by atoms with E-state index in [1.165, 1.54) is 0 Å². The molecular formula is C15H18N4O2. The van der Waals surface area contributed by atoms with Crippen molar-refractivity contribution in [2.75, 3.05) is 17.7 Å². The van der Waals surface area contributed by atoms with Gasteiger partial charge in [0.15, 0.2) is 0 Å². The van der Waals surface area contributed by atoms with Crippen molar-refractivity contribution in [3.8, 4) is 5.75 Å². The summed E-state index contributed by atoms with van der Waals surface area (Å²) in [5.41, 5.74) is 7.58. The van der Waals surface area contributed by atoms with E-state index in [0.717, 1.165) is 36.4 Å². The predicted octanol–water partition coefficient (Wildman–Crippen LogP) is 1.82. The van der Waals surface area contributed by atoms with E-state index in [1.807, 2.05) is 24.4 Å². The van der Waals surface area contributed by atoms with E-state index in [2.05, 4.69) is 10.4 Å². The highest BCUT2D eigenvalue weighted by molar-refractivity contribution is 5.93. The summed E-state index contributed by atoms with van der Waals surface area (Å²) in [6, 6.07) is 7.56. The summed E-state index contributed by atoms with van der Waals surface area (Å²) in [6.07, 6.45) is 4.02. The number of nitrogens with two attached hydrogens (primary N) is 1. The fourth-order valence-electron chi connectivity index (χ4n) is 2.37. The Morgan fingerprint density at radius 3 is 3.05 bits per heavy atom. The zero-order chi connectivity index (χ0) is 14.7. The number of anilines is 2. The average Bonchev–Trinajstić information content (AvgIpc) is 2.89. The molecule has 1 aromatic carbocycles. The molecule has 0 bridgehead atoms. The third kappa shape index (κ3) is 3.34. The Bertz CT molecular complexity index is 651. The van der Waals surface area contributed by atoms with E-state index in [4.69, 9.17) is 10.5 Å². The largest absolute Gasteiger partial charge is 0.494 e. The lowest BCUT2D eigenvalue weighted by Gasteiger charge is -2.17. The van der Waals surface area contributed by atoms with Gasteiger partial charge in [-0.05, 0) is 36.2 Å². The van der Waals surface area contributed by atoms with Gasteiger partial charge in [0.2, 0.25) is 5.91 Å². The minimum absolute atomic E-state index is 0.0784. The number of nitrogen functional groups attached to an aromatic ring is 1. The van der Waals surface area contributed by atoms with E-state index in [0.29, 0.717) is 18.8 Å². The zero-order valence-electron chi connectivity index (χ0n) is 11.7. The van der Waals surface area contributed by atoms with Gasteiger partial charge >= 0.3 is 0 Å². The van der Waals surface area contributed by atoms with E-state index >= 15 is 0 Å². The normalized spacial score (nSPS) is 13.6. The summed E-state index contributed by atoms with van der Waals surface area (Å²) in [7, 11) is 0. The smallest absolute Gasteiger partial charge is 0.224 e. The van der Waals surface area contributed by atoms with Gasteiger partial charge in [-0.1, -0.05) is 0 Å². The van der Waals surface area contributed by atoms with Crippen LogP contribution in [0.2, 0.25) is 0 Å². The van der Waals surface area contributed by atoms with E-state index < -0.39 is 0 Å². The number of carbonyl (C=O) groups is 1. The number of ether oxygens (including phenoxy) is 1. The number of aryl methyl sites for hydroxylation is 2. The highest BCUT2D eigenvalue weighted by Crippen LogP contribution is 2.26. The molecule has 0 saturated heterocycles. The molecule has 0 unspecified atom stereocenters. The van der Waals surface area contributed by atoms with E-state index in [9.17, 15) is 4.79 Å². The SMILES string of the molecule is Nc1ccn(CCCOc2ccc3c(c2)CCC(=O)N3)n1. The van der Waals surface area contributed by atoms with Crippen LogP contribution in [0.4, 0.5) is 11.5 Å². The molecule has 21 heavy (non-hydrogen) atoms. The molecule has 0 saturated carbocycles. The lowest BCUT2D eigenvalue weighted by atomic mass is 10.0. The van der Waals surface area contributed by atoms with Crippen LogP contribution in [0, 0.1) is 0 Å². The van der Waals surface area contributed by atoms with Crippen molar-refractivity contribution in [2.24, 2.45) is 0 Å². The second-order valence-electron chi connectivity index (χ2n) is 5.07. The maximum Gasteiger partial charge on any atom is 0.224 e. The number of nitrogens with one attached hydrogen (secondary N) is 1. The minimum atomic E-state index is 0.0784. The molecule has 3 rings (SSSR count). The maximum absolute atomic E-state index is 11.3. The van der Waals surface area contributed by atoms with Gasteiger partial charge in [0, 0.05) is 31.3 Å². The first-order valence-corrected chi connectivity index (χ1v) is 7.05. The average molecular weight is 286 g/mol. The highest BCUT2D eigenvalue weighted by Gasteiger charge is 2.14. The number of fused-ring (bicyclic) bond motifs is 1. The van der Waals surface area contributed by atoms with Crippen molar-refractivity contribution >= 4 is 17.4 Å². The number of rotatable bonds is 5. The van der Waals surface area contributed by atoms with Crippen LogP contribution in [0.25, 0.3) is 0 Å². The summed E-state index contributed by atoms with van der Waals surface area (Å²) < 4.78 is 7.55. The molecule has 3 N–H and O–H groups in total. The molecule has 1 aliphatic heterocycles. The molecule has 0 radical (unpaired) electrons. The summed E-state index contributed by atoms with van der Waals surface area (Å²) in [5.74, 6) is 1.45. The van der Waals surface area contributed by atoms with Crippen LogP contribution in [-0.2, 0) is 17.8 Å². The van der Waals surface area contributed by atoms with E-state index in [1.54, 1.807) is 10.7 Å². The number of aromatic nitrogens is 2. The Balaban J connectivity index is 1.50. The van der Waals surface area contributed by atoms with Gasteiger partial charge < -0.3 is 15.8 Å². The first-order chi connectivity index (χ1) is 10.2. The summed E-state index contributed by atoms with van der Waals surface area (Å²) in [4.78, 5) is 11.3. The number of carbonyl (C=O) groups excluding carboxylic acids is 1. The third-order valence-electron chi connectivity index (χ3n) is 3.43. The van der Waals surface area contributed by atoms with Crippen molar-refractivity contribution in [3.05, 3.63) is 36.0 Å². The quantitative estimate of drug-likeness (QED) is 0.821. The van der Waals surface area contributed by atoms with Crippen LogP contribution in [0.1, 0.15) is 18.4 Å². The Morgan fingerprint density at radius 2 is 2.24 bits per heavy atom. The van der Waals surface area contributed by atoms with Crippen molar-refractivity contribution in [1.29, 1.82) is 0 Å². The zero-order valence-corrected chi connectivity index (χ0v) is 11.7. The van der Waals surface area contributed by atoms with Crippen molar-refractivity contribution in [2.45, 2.75) is 25.8 Å². The van der Waals surface area contributed by atoms with Crippen molar-refractivity contribution in [1.82, 2.24) is 9.78 Å². The van der Waals surface area contributed by atoms with Gasteiger partial charge in [0.25, 0.3) is 0 Å². The highest BCUT2D eigenvalue weighted by atomic mass is 16.5.